The Bertz CT molecular complexity index is 758. The molecule has 4 nitrogen and oxygen atoms in total. The molecule has 0 aliphatic rings. The first-order valence-corrected chi connectivity index (χ1v) is 8.58. The van der Waals surface area contributed by atoms with Gasteiger partial charge in [0, 0.05) is 16.4 Å². The van der Waals surface area contributed by atoms with E-state index in [1.54, 1.807) is 12.1 Å². The van der Waals surface area contributed by atoms with E-state index in [0.29, 0.717) is 11.4 Å². The molecular formula is C14H15BrN2O2S. The molecule has 0 unspecified atom stereocenters. The van der Waals surface area contributed by atoms with Crippen molar-refractivity contribution in [3.63, 3.8) is 0 Å². The van der Waals surface area contributed by atoms with Gasteiger partial charge in [-0.25, -0.2) is 8.42 Å². The fourth-order valence-corrected chi connectivity index (χ4v) is 2.67. The fourth-order valence-electron chi connectivity index (χ4n) is 1.76. The number of anilines is 3. The van der Waals surface area contributed by atoms with Gasteiger partial charge in [0.15, 0.2) is 9.84 Å². The van der Waals surface area contributed by atoms with E-state index >= 15 is 0 Å². The number of nitrogens with two attached hydrogens (primary N) is 1. The van der Waals surface area contributed by atoms with Crippen LogP contribution in [-0.2, 0) is 9.84 Å². The topological polar surface area (TPSA) is 72.2 Å². The van der Waals surface area contributed by atoms with Gasteiger partial charge in [0.1, 0.15) is 0 Å². The first-order valence-electron chi connectivity index (χ1n) is 5.90. The van der Waals surface area contributed by atoms with Crippen LogP contribution in [0.2, 0.25) is 0 Å². The third kappa shape index (κ3) is 3.32. The molecular weight excluding hydrogens is 340 g/mol. The van der Waals surface area contributed by atoms with E-state index in [1.165, 1.54) is 6.07 Å². The lowest BCUT2D eigenvalue weighted by Gasteiger charge is -2.11. The molecule has 2 aromatic rings. The van der Waals surface area contributed by atoms with Crippen molar-refractivity contribution in [2.75, 3.05) is 17.3 Å². The highest BCUT2D eigenvalue weighted by molar-refractivity contribution is 9.10. The van der Waals surface area contributed by atoms with Crippen molar-refractivity contribution in [3.8, 4) is 0 Å². The van der Waals surface area contributed by atoms with Crippen molar-refractivity contribution in [3.05, 3.63) is 46.4 Å². The molecule has 0 amide bonds. The largest absolute Gasteiger partial charge is 0.397 e. The molecule has 20 heavy (non-hydrogen) atoms. The Morgan fingerprint density at radius 2 is 1.85 bits per heavy atom. The summed E-state index contributed by atoms with van der Waals surface area (Å²) in [4.78, 5) is 0.215. The Kier molecular flexibility index (Phi) is 4.06. The summed E-state index contributed by atoms with van der Waals surface area (Å²) in [6.07, 6.45) is 1.16. The molecule has 0 fully saturated rings. The first kappa shape index (κ1) is 14.9. The van der Waals surface area contributed by atoms with E-state index in [1.807, 2.05) is 25.1 Å². The first-order chi connectivity index (χ1) is 9.27. The number of rotatable bonds is 3. The van der Waals surface area contributed by atoms with Crippen molar-refractivity contribution in [2.45, 2.75) is 11.8 Å². The zero-order valence-corrected chi connectivity index (χ0v) is 13.5. The molecule has 0 saturated heterocycles. The minimum Gasteiger partial charge on any atom is -0.397 e. The Morgan fingerprint density at radius 3 is 2.40 bits per heavy atom. The average Bonchev–Trinajstić information content (AvgIpc) is 2.35. The lowest BCUT2D eigenvalue weighted by molar-refractivity contribution is 0.602. The molecule has 6 heteroatoms. The van der Waals surface area contributed by atoms with Crippen LogP contribution in [0.5, 0.6) is 0 Å². The minimum atomic E-state index is -3.24. The van der Waals surface area contributed by atoms with Crippen LogP contribution in [0.15, 0.2) is 45.8 Å². The molecule has 3 N–H and O–H groups in total. The van der Waals surface area contributed by atoms with Crippen LogP contribution in [0.3, 0.4) is 0 Å². The van der Waals surface area contributed by atoms with Crippen LogP contribution in [-0.4, -0.2) is 14.7 Å². The summed E-state index contributed by atoms with van der Waals surface area (Å²) in [5.74, 6) is 0. The summed E-state index contributed by atoms with van der Waals surface area (Å²) in [6, 6.07) is 10.5. The van der Waals surface area contributed by atoms with E-state index in [4.69, 9.17) is 5.73 Å². The predicted molar refractivity (Wildman–Crippen MR) is 86.1 cm³/mol. The van der Waals surface area contributed by atoms with Gasteiger partial charge in [-0.05, 0) is 48.9 Å². The number of hydrogen-bond donors (Lipinski definition) is 2. The lowest BCUT2D eigenvalue weighted by Crippen LogP contribution is -2.01. The summed E-state index contributed by atoms with van der Waals surface area (Å²) in [5, 5.41) is 3.18. The van der Waals surface area contributed by atoms with Crippen LogP contribution in [0, 0.1) is 6.92 Å². The van der Waals surface area contributed by atoms with Crippen molar-refractivity contribution in [1.82, 2.24) is 0 Å². The maximum atomic E-state index is 11.5. The Morgan fingerprint density at radius 1 is 1.15 bits per heavy atom. The number of nitrogens with one attached hydrogen (secondary N) is 1. The van der Waals surface area contributed by atoms with Gasteiger partial charge in [0.25, 0.3) is 0 Å². The van der Waals surface area contributed by atoms with Crippen molar-refractivity contribution in [2.24, 2.45) is 0 Å². The van der Waals surface area contributed by atoms with Crippen LogP contribution in [0.1, 0.15) is 5.56 Å². The SMILES string of the molecule is Cc1cc(Nc2ccc(S(C)(=O)=O)cc2N)ccc1Br. The molecule has 0 saturated carbocycles. The monoisotopic (exact) mass is 354 g/mol. The molecule has 0 aliphatic carbocycles. The summed E-state index contributed by atoms with van der Waals surface area (Å²) in [5.41, 5.74) is 8.97. The summed E-state index contributed by atoms with van der Waals surface area (Å²) in [7, 11) is -3.24. The van der Waals surface area contributed by atoms with E-state index in [0.717, 1.165) is 22.0 Å². The maximum Gasteiger partial charge on any atom is 0.175 e. The molecule has 0 heterocycles. The van der Waals surface area contributed by atoms with Gasteiger partial charge in [0.2, 0.25) is 0 Å². The predicted octanol–water partition coefficient (Wildman–Crippen LogP) is 3.49. The quantitative estimate of drug-likeness (QED) is 0.827. The molecule has 0 radical (unpaired) electrons. The van der Waals surface area contributed by atoms with Crippen LogP contribution in [0.25, 0.3) is 0 Å². The highest BCUT2D eigenvalue weighted by atomic mass is 79.9. The second kappa shape index (κ2) is 5.46. The summed E-state index contributed by atoms with van der Waals surface area (Å²) >= 11 is 3.44. The van der Waals surface area contributed by atoms with E-state index < -0.39 is 9.84 Å². The van der Waals surface area contributed by atoms with E-state index in [9.17, 15) is 8.42 Å². The van der Waals surface area contributed by atoms with Gasteiger partial charge in [-0.3, -0.25) is 0 Å². The minimum absolute atomic E-state index is 0.215. The van der Waals surface area contributed by atoms with E-state index in [-0.39, 0.29) is 4.90 Å². The van der Waals surface area contributed by atoms with Crippen molar-refractivity contribution in [1.29, 1.82) is 0 Å². The molecule has 106 valence electrons. The normalized spacial score (nSPS) is 11.3. The molecule has 2 aromatic carbocycles. The number of aryl methyl sites for hydroxylation is 1. The van der Waals surface area contributed by atoms with Crippen LogP contribution >= 0.6 is 15.9 Å². The molecule has 0 aliphatic heterocycles. The summed E-state index contributed by atoms with van der Waals surface area (Å²) < 4.78 is 23.9. The van der Waals surface area contributed by atoms with Crippen LogP contribution in [0.4, 0.5) is 17.1 Å². The average molecular weight is 355 g/mol. The number of nitrogen functional groups attached to an aromatic ring is 1. The van der Waals surface area contributed by atoms with Crippen LogP contribution < -0.4 is 11.1 Å². The number of halogens is 1. The summed E-state index contributed by atoms with van der Waals surface area (Å²) in [6.45, 7) is 1.99. The molecule has 0 spiro atoms. The van der Waals surface area contributed by atoms with Crippen molar-refractivity contribution >= 4 is 42.8 Å². The Hall–Kier alpha value is -1.53. The van der Waals surface area contributed by atoms with Gasteiger partial charge in [-0.1, -0.05) is 15.9 Å². The highest BCUT2D eigenvalue weighted by Gasteiger charge is 2.09. The van der Waals surface area contributed by atoms with E-state index in [2.05, 4.69) is 21.2 Å². The van der Waals surface area contributed by atoms with Gasteiger partial charge in [0.05, 0.1) is 16.3 Å². The Balaban J connectivity index is 2.32. The number of hydrogen-bond acceptors (Lipinski definition) is 4. The molecule has 2 rings (SSSR count). The zero-order chi connectivity index (χ0) is 14.9. The zero-order valence-electron chi connectivity index (χ0n) is 11.1. The fraction of sp³-hybridized carbons (Fsp3) is 0.143. The number of sulfone groups is 1. The molecule has 0 bridgehead atoms. The Labute approximate surface area is 127 Å². The third-order valence-corrected chi connectivity index (χ3v) is 4.89. The standard InChI is InChI=1S/C14H15BrN2O2S/c1-9-7-10(3-5-12(9)15)17-14-6-4-11(8-13(14)16)20(2,18)19/h3-8,17H,16H2,1-2H3. The van der Waals surface area contributed by atoms with Crippen molar-refractivity contribution < 1.29 is 8.42 Å². The third-order valence-electron chi connectivity index (χ3n) is 2.89. The second-order valence-corrected chi connectivity index (χ2v) is 7.48. The molecule has 0 atom stereocenters. The maximum absolute atomic E-state index is 11.5. The van der Waals surface area contributed by atoms with Gasteiger partial charge in [-0.2, -0.15) is 0 Å². The van der Waals surface area contributed by atoms with Gasteiger partial charge >= 0.3 is 0 Å². The molecule has 0 aromatic heterocycles. The highest BCUT2D eigenvalue weighted by Crippen LogP contribution is 2.28. The lowest BCUT2D eigenvalue weighted by atomic mass is 10.2. The van der Waals surface area contributed by atoms with Gasteiger partial charge in [-0.15, -0.1) is 0 Å². The van der Waals surface area contributed by atoms with Gasteiger partial charge < -0.3 is 11.1 Å². The number of benzene rings is 2. The smallest absolute Gasteiger partial charge is 0.175 e. The second-order valence-electron chi connectivity index (χ2n) is 4.61.